The van der Waals surface area contributed by atoms with Gasteiger partial charge in [0.1, 0.15) is 0 Å². The first-order valence-corrected chi connectivity index (χ1v) is 11.1. The molecule has 4 rings (SSSR count). The summed E-state index contributed by atoms with van der Waals surface area (Å²) < 4.78 is 0. The maximum atomic E-state index is 12.7. The second-order valence-electron chi connectivity index (χ2n) is 8.68. The minimum atomic E-state index is -0.101. The highest BCUT2D eigenvalue weighted by molar-refractivity contribution is 5.97. The molecule has 0 spiro atoms. The Bertz CT molecular complexity index is 892. The Hall–Kier alpha value is -2.82. The van der Waals surface area contributed by atoms with Crippen LogP contribution < -0.4 is 15.1 Å². The van der Waals surface area contributed by atoms with Gasteiger partial charge in [-0.05, 0) is 74.1 Å². The highest BCUT2D eigenvalue weighted by atomic mass is 16.2. The standard InChI is InChI=1S/C25H31N3O2/c1-18-5-3-15-27(17-18)22-11-7-20(8-12-22)19(2)26-25(30)21-9-13-23(14-10-21)28-16-4-6-24(28)29/h7-14,18-19H,3-6,15-17H2,1-2H3,(H,26,30)/t18-,19+/m1/s1. The molecule has 2 heterocycles. The van der Waals surface area contributed by atoms with Crippen molar-refractivity contribution >= 4 is 23.2 Å². The van der Waals surface area contributed by atoms with Crippen LogP contribution in [0.15, 0.2) is 48.5 Å². The topological polar surface area (TPSA) is 52.7 Å². The van der Waals surface area contributed by atoms with E-state index in [0.717, 1.165) is 43.2 Å². The van der Waals surface area contributed by atoms with Gasteiger partial charge in [-0.1, -0.05) is 19.1 Å². The number of amides is 2. The van der Waals surface area contributed by atoms with Gasteiger partial charge in [-0.25, -0.2) is 0 Å². The molecule has 0 saturated carbocycles. The zero-order chi connectivity index (χ0) is 21.1. The third-order valence-corrected chi connectivity index (χ3v) is 6.28. The van der Waals surface area contributed by atoms with Crippen molar-refractivity contribution in [3.8, 4) is 0 Å². The molecule has 5 heteroatoms. The van der Waals surface area contributed by atoms with E-state index >= 15 is 0 Å². The number of rotatable bonds is 5. The van der Waals surface area contributed by atoms with Crippen LogP contribution in [0, 0.1) is 5.92 Å². The van der Waals surface area contributed by atoms with Crippen LogP contribution in [0.4, 0.5) is 11.4 Å². The van der Waals surface area contributed by atoms with Gasteiger partial charge in [0.15, 0.2) is 0 Å². The fourth-order valence-corrected chi connectivity index (χ4v) is 4.47. The number of carbonyl (C=O) groups is 2. The highest BCUT2D eigenvalue weighted by Crippen LogP contribution is 2.25. The van der Waals surface area contributed by atoms with Gasteiger partial charge in [0.05, 0.1) is 6.04 Å². The highest BCUT2D eigenvalue weighted by Gasteiger charge is 2.22. The van der Waals surface area contributed by atoms with E-state index in [1.54, 1.807) is 17.0 Å². The predicted molar refractivity (Wildman–Crippen MR) is 121 cm³/mol. The normalized spacial score (nSPS) is 20.3. The Morgan fingerprint density at radius 2 is 1.70 bits per heavy atom. The Morgan fingerprint density at radius 1 is 1.00 bits per heavy atom. The average Bonchev–Trinajstić information content (AvgIpc) is 3.20. The number of hydrogen-bond donors (Lipinski definition) is 1. The Balaban J connectivity index is 1.36. The number of anilines is 2. The summed E-state index contributed by atoms with van der Waals surface area (Å²) in [6.07, 6.45) is 4.07. The molecule has 0 aliphatic carbocycles. The zero-order valence-corrected chi connectivity index (χ0v) is 17.9. The minimum Gasteiger partial charge on any atom is -0.371 e. The SMILES string of the molecule is C[C@@H]1CCCN(c2ccc([C@H](C)NC(=O)c3ccc(N4CCCC4=O)cc3)cc2)C1. The quantitative estimate of drug-likeness (QED) is 0.795. The second-order valence-corrected chi connectivity index (χ2v) is 8.68. The van der Waals surface area contributed by atoms with Crippen molar-refractivity contribution in [2.75, 3.05) is 29.4 Å². The van der Waals surface area contributed by atoms with E-state index in [0.29, 0.717) is 12.0 Å². The fourth-order valence-electron chi connectivity index (χ4n) is 4.47. The van der Waals surface area contributed by atoms with Crippen molar-refractivity contribution < 1.29 is 9.59 Å². The summed E-state index contributed by atoms with van der Waals surface area (Å²) in [4.78, 5) is 28.8. The van der Waals surface area contributed by atoms with E-state index in [9.17, 15) is 9.59 Å². The number of carbonyl (C=O) groups excluding carboxylic acids is 2. The smallest absolute Gasteiger partial charge is 0.251 e. The molecule has 2 saturated heterocycles. The molecule has 2 atom stereocenters. The van der Waals surface area contributed by atoms with Crippen LogP contribution in [0.1, 0.15) is 61.5 Å². The predicted octanol–water partition coefficient (Wildman–Crippen LogP) is 4.54. The Labute approximate surface area is 179 Å². The molecule has 0 radical (unpaired) electrons. The van der Waals surface area contributed by atoms with E-state index in [2.05, 4.69) is 41.4 Å². The maximum absolute atomic E-state index is 12.7. The van der Waals surface area contributed by atoms with Gasteiger partial charge in [-0.3, -0.25) is 9.59 Å². The summed E-state index contributed by atoms with van der Waals surface area (Å²) in [5.74, 6) is 0.797. The van der Waals surface area contributed by atoms with E-state index < -0.39 is 0 Å². The number of nitrogens with zero attached hydrogens (tertiary/aromatic N) is 2. The van der Waals surface area contributed by atoms with E-state index in [1.165, 1.54) is 18.5 Å². The molecule has 5 nitrogen and oxygen atoms in total. The van der Waals surface area contributed by atoms with Gasteiger partial charge in [0, 0.05) is 43.0 Å². The van der Waals surface area contributed by atoms with Crippen molar-refractivity contribution in [3.63, 3.8) is 0 Å². The van der Waals surface area contributed by atoms with Crippen molar-refractivity contribution in [2.24, 2.45) is 5.92 Å². The van der Waals surface area contributed by atoms with Gasteiger partial charge < -0.3 is 15.1 Å². The molecule has 2 fully saturated rings. The molecule has 2 amide bonds. The van der Waals surface area contributed by atoms with Crippen molar-refractivity contribution in [1.29, 1.82) is 0 Å². The molecule has 0 unspecified atom stereocenters. The molecule has 158 valence electrons. The number of piperidine rings is 1. The molecular weight excluding hydrogens is 374 g/mol. The molecule has 0 bridgehead atoms. The molecular formula is C25H31N3O2. The molecule has 2 aromatic carbocycles. The number of hydrogen-bond acceptors (Lipinski definition) is 3. The van der Waals surface area contributed by atoms with Crippen LogP contribution in [0.5, 0.6) is 0 Å². The van der Waals surface area contributed by atoms with Crippen LogP contribution in [-0.2, 0) is 4.79 Å². The zero-order valence-electron chi connectivity index (χ0n) is 17.9. The van der Waals surface area contributed by atoms with Crippen molar-refractivity contribution in [1.82, 2.24) is 5.32 Å². The molecule has 2 aliphatic heterocycles. The lowest BCUT2D eigenvalue weighted by Crippen LogP contribution is -2.34. The van der Waals surface area contributed by atoms with Crippen LogP contribution in [-0.4, -0.2) is 31.4 Å². The van der Waals surface area contributed by atoms with Crippen molar-refractivity contribution in [2.45, 2.75) is 45.6 Å². The van der Waals surface area contributed by atoms with Crippen LogP contribution >= 0.6 is 0 Å². The Morgan fingerprint density at radius 3 is 2.33 bits per heavy atom. The summed E-state index contributed by atoms with van der Waals surface area (Å²) in [6, 6.07) is 15.8. The summed E-state index contributed by atoms with van der Waals surface area (Å²) in [5, 5.41) is 3.08. The molecule has 0 aromatic heterocycles. The lowest BCUT2D eigenvalue weighted by Gasteiger charge is -2.33. The first-order chi connectivity index (χ1) is 14.5. The summed E-state index contributed by atoms with van der Waals surface area (Å²) in [7, 11) is 0. The fraction of sp³-hybridized carbons (Fsp3) is 0.440. The molecule has 30 heavy (non-hydrogen) atoms. The van der Waals surface area contributed by atoms with Gasteiger partial charge in [-0.15, -0.1) is 0 Å². The first kappa shape index (κ1) is 20.5. The molecule has 2 aromatic rings. The number of benzene rings is 2. The third kappa shape index (κ3) is 4.50. The lowest BCUT2D eigenvalue weighted by molar-refractivity contribution is -0.117. The largest absolute Gasteiger partial charge is 0.371 e. The van der Waals surface area contributed by atoms with Gasteiger partial charge >= 0.3 is 0 Å². The molecule has 2 aliphatic rings. The van der Waals surface area contributed by atoms with Gasteiger partial charge in [0.25, 0.3) is 5.91 Å². The summed E-state index contributed by atoms with van der Waals surface area (Å²) >= 11 is 0. The third-order valence-electron chi connectivity index (χ3n) is 6.28. The van der Waals surface area contributed by atoms with Crippen LogP contribution in [0.2, 0.25) is 0 Å². The van der Waals surface area contributed by atoms with E-state index in [4.69, 9.17) is 0 Å². The Kier molecular flexibility index (Phi) is 6.07. The summed E-state index contributed by atoms with van der Waals surface area (Å²) in [5.41, 5.74) is 3.83. The van der Waals surface area contributed by atoms with Crippen LogP contribution in [0.3, 0.4) is 0 Å². The summed E-state index contributed by atoms with van der Waals surface area (Å²) in [6.45, 7) is 7.31. The van der Waals surface area contributed by atoms with Crippen LogP contribution in [0.25, 0.3) is 0 Å². The second kappa shape index (κ2) is 8.90. The average molecular weight is 406 g/mol. The van der Waals surface area contributed by atoms with Crippen molar-refractivity contribution in [3.05, 3.63) is 59.7 Å². The maximum Gasteiger partial charge on any atom is 0.251 e. The first-order valence-electron chi connectivity index (χ1n) is 11.1. The van der Waals surface area contributed by atoms with Gasteiger partial charge in [0.2, 0.25) is 5.91 Å². The van der Waals surface area contributed by atoms with E-state index in [1.807, 2.05) is 19.1 Å². The van der Waals surface area contributed by atoms with E-state index in [-0.39, 0.29) is 17.9 Å². The minimum absolute atomic E-state index is 0.0772. The lowest BCUT2D eigenvalue weighted by atomic mass is 9.99. The number of nitrogens with one attached hydrogen (secondary N) is 1. The monoisotopic (exact) mass is 405 g/mol. The van der Waals surface area contributed by atoms with Gasteiger partial charge in [-0.2, -0.15) is 0 Å². The molecule has 1 N–H and O–H groups in total.